The van der Waals surface area contributed by atoms with Crippen molar-refractivity contribution >= 4 is 21.9 Å². The van der Waals surface area contributed by atoms with Crippen LogP contribution in [-0.4, -0.2) is 15.0 Å². The number of aryl methyl sites for hydroxylation is 6. The molecule has 2 aliphatic carbocycles. The number of para-hydroxylation sites is 1. The molecular formula is C65H62N4O. The van der Waals surface area contributed by atoms with Gasteiger partial charge in [0, 0.05) is 66.6 Å². The third kappa shape index (κ3) is 9.70. The average Bonchev–Trinajstić information content (AvgIpc) is 1.03. The zero-order valence-corrected chi connectivity index (χ0v) is 39.1. The number of furan rings is 1. The number of hydrogen-bond acceptors (Lipinski definition) is 5. The second kappa shape index (κ2) is 20.4. The summed E-state index contributed by atoms with van der Waals surface area (Å²) in [6, 6.07) is 33.4. The Bertz CT molecular complexity index is 4050. The van der Waals surface area contributed by atoms with Crippen molar-refractivity contribution in [1.82, 2.24) is 15.0 Å². The minimum Gasteiger partial charge on any atom is -0.455 e. The van der Waals surface area contributed by atoms with Gasteiger partial charge >= 0.3 is 0 Å². The summed E-state index contributed by atoms with van der Waals surface area (Å²) in [7, 11) is 0. The Morgan fingerprint density at radius 1 is 0.614 bits per heavy atom. The van der Waals surface area contributed by atoms with Gasteiger partial charge in [-0.25, -0.2) is 0 Å². The lowest BCUT2D eigenvalue weighted by atomic mass is 9.88. The molecule has 0 radical (unpaired) electrons. The molecular weight excluding hydrogens is 853 g/mol. The monoisotopic (exact) mass is 932 g/mol. The zero-order valence-electron chi connectivity index (χ0n) is 56.1. The molecule has 2 aliphatic rings. The summed E-state index contributed by atoms with van der Waals surface area (Å²) in [5.41, 5.74) is -0.0291. The highest BCUT2D eigenvalue weighted by molar-refractivity contribution is 6.09. The van der Waals surface area contributed by atoms with Gasteiger partial charge in [0.1, 0.15) is 11.2 Å². The van der Waals surface area contributed by atoms with Crippen LogP contribution in [0.25, 0.3) is 55.7 Å². The van der Waals surface area contributed by atoms with E-state index in [9.17, 15) is 25.8 Å². The highest BCUT2D eigenvalue weighted by Gasteiger charge is 2.24. The molecule has 2 fully saturated rings. The van der Waals surface area contributed by atoms with E-state index < -0.39 is 78.2 Å². The highest BCUT2D eigenvalue weighted by Crippen LogP contribution is 2.40. The topological polar surface area (TPSA) is 75.6 Å². The minimum atomic E-state index is -3.36. The lowest BCUT2D eigenvalue weighted by Crippen LogP contribution is -2.06. The molecule has 0 bridgehead atoms. The SMILES string of the molecule is [2H]c1cc2c(oc3c(-c4cc(C([2H])(C)C)c(C([2H])([2H])C([2H])([2H])c5cc(C([2H])([2H])C([2H])([2H])c6cnc(-c7ccccc7)cc6C6([2H])CCCC6)cc(C([2H])([2H])C([2H])([2H])c6cnc(-c7ccccc7)cc6C6([2H])CCCC6)c5)cn4)cccc32)c([2H])c1C#N. The van der Waals surface area contributed by atoms with Crippen molar-refractivity contribution in [3.8, 4) is 39.8 Å². The summed E-state index contributed by atoms with van der Waals surface area (Å²) in [6.07, 6.45) is -12.1. The fraction of sp³-hybridized carbons (Fsp3) is 0.292. The number of pyridine rings is 3. The van der Waals surface area contributed by atoms with Gasteiger partial charge in [-0.05, 0) is 174 Å². The molecule has 0 amide bonds. The number of rotatable bonds is 15. The van der Waals surface area contributed by atoms with Crippen LogP contribution in [0, 0.1) is 11.3 Å². The lowest BCUT2D eigenvalue weighted by Gasteiger charge is -2.18. The van der Waals surface area contributed by atoms with Gasteiger partial charge in [-0.3, -0.25) is 15.0 Å². The quantitative estimate of drug-likeness (QED) is 0.102. The number of fused-ring (bicyclic) bond motifs is 3. The molecule has 11 rings (SSSR count). The summed E-state index contributed by atoms with van der Waals surface area (Å²) >= 11 is 0. The maximum Gasteiger partial charge on any atom is 0.144 e. The molecule has 0 spiro atoms. The van der Waals surface area contributed by atoms with E-state index in [-0.39, 0.29) is 62.3 Å². The van der Waals surface area contributed by atoms with E-state index in [1.54, 1.807) is 54.6 Å². The fourth-order valence-electron chi connectivity index (χ4n) is 9.68. The Kier molecular flexibility index (Phi) is 8.69. The Balaban J connectivity index is 1.10. The van der Waals surface area contributed by atoms with Crippen LogP contribution in [0.4, 0.5) is 0 Å². The molecule has 2 saturated carbocycles. The van der Waals surface area contributed by atoms with Gasteiger partial charge in [0.25, 0.3) is 0 Å². The predicted octanol–water partition coefficient (Wildman–Crippen LogP) is 16.4. The summed E-state index contributed by atoms with van der Waals surface area (Å²) in [5.74, 6) is -4.45. The van der Waals surface area contributed by atoms with E-state index in [1.165, 1.54) is 38.4 Å². The summed E-state index contributed by atoms with van der Waals surface area (Å²) < 4.78 is 172. The number of aromatic nitrogens is 3. The van der Waals surface area contributed by atoms with E-state index in [0.717, 1.165) is 24.4 Å². The van der Waals surface area contributed by atoms with Crippen molar-refractivity contribution in [2.45, 2.75) is 121 Å². The fourth-order valence-corrected chi connectivity index (χ4v) is 9.68. The number of nitrogens with zero attached hydrogens (tertiary/aromatic N) is 4. The van der Waals surface area contributed by atoms with Crippen molar-refractivity contribution in [2.24, 2.45) is 0 Å². The van der Waals surface area contributed by atoms with Gasteiger partial charge in [-0.1, -0.05) is 131 Å². The number of benzene rings is 5. The zero-order chi connectivity index (χ0) is 62.7. The van der Waals surface area contributed by atoms with E-state index >= 15 is 0 Å². The number of nitriles is 1. The molecule has 9 aromatic rings. The van der Waals surface area contributed by atoms with E-state index in [0.29, 0.717) is 90.2 Å². The van der Waals surface area contributed by atoms with Crippen LogP contribution in [0.5, 0.6) is 0 Å². The van der Waals surface area contributed by atoms with Crippen molar-refractivity contribution in [3.05, 3.63) is 208 Å². The highest BCUT2D eigenvalue weighted by atomic mass is 16.3. The normalized spacial score (nSPS) is 20.2. The van der Waals surface area contributed by atoms with Crippen molar-refractivity contribution in [3.63, 3.8) is 0 Å². The van der Waals surface area contributed by atoms with Gasteiger partial charge in [0.15, 0.2) is 0 Å². The first-order valence-corrected chi connectivity index (χ1v) is 24.0. The largest absolute Gasteiger partial charge is 0.455 e. The van der Waals surface area contributed by atoms with Crippen LogP contribution in [-0.2, 0) is 38.2 Å². The average molecular weight is 932 g/mol. The molecule has 70 heavy (non-hydrogen) atoms. The van der Waals surface area contributed by atoms with Crippen LogP contribution in [0.2, 0.25) is 0 Å². The van der Waals surface area contributed by atoms with Crippen molar-refractivity contribution in [2.75, 3.05) is 0 Å². The molecule has 5 aromatic carbocycles. The van der Waals surface area contributed by atoms with E-state index in [4.69, 9.17) is 7.16 Å². The van der Waals surface area contributed by atoms with Crippen LogP contribution in [0.15, 0.2) is 156 Å². The first-order valence-electron chi connectivity index (χ1n) is 32.5. The molecule has 0 N–H and O–H groups in total. The molecule has 4 aromatic heterocycles. The van der Waals surface area contributed by atoms with Crippen LogP contribution in [0.3, 0.4) is 0 Å². The Hall–Kier alpha value is -7.16. The molecule has 0 saturated heterocycles. The molecule has 348 valence electrons. The Morgan fingerprint density at radius 3 is 1.66 bits per heavy atom. The first-order chi connectivity index (χ1) is 40.8. The van der Waals surface area contributed by atoms with Gasteiger partial charge in [-0.15, -0.1) is 0 Å². The predicted molar refractivity (Wildman–Crippen MR) is 286 cm³/mol. The molecule has 0 atom stereocenters. The van der Waals surface area contributed by atoms with Gasteiger partial charge < -0.3 is 4.42 Å². The molecule has 0 aliphatic heterocycles. The van der Waals surface area contributed by atoms with Gasteiger partial charge in [0.05, 0.1) is 31.5 Å². The van der Waals surface area contributed by atoms with Crippen LogP contribution < -0.4 is 0 Å². The molecule has 0 unspecified atom stereocenters. The maximum absolute atomic E-state index is 10.00. The van der Waals surface area contributed by atoms with E-state index in [2.05, 4.69) is 15.0 Å². The van der Waals surface area contributed by atoms with Gasteiger partial charge in [0.2, 0.25) is 0 Å². The summed E-state index contributed by atoms with van der Waals surface area (Å²) in [4.78, 5) is 13.9. The second-order valence-corrected chi connectivity index (χ2v) is 18.2. The van der Waals surface area contributed by atoms with Crippen LogP contribution >= 0.6 is 0 Å². The second-order valence-electron chi connectivity index (χ2n) is 18.2. The molecule has 5 heteroatoms. The third-order valence-electron chi connectivity index (χ3n) is 13.3. The Labute approximate surface area is 437 Å². The van der Waals surface area contributed by atoms with Crippen molar-refractivity contribution < 1.29 is 27.7 Å². The summed E-state index contributed by atoms with van der Waals surface area (Å²) in [5, 5.41) is 10.6. The maximum atomic E-state index is 10.00. The van der Waals surface area contributed by atoms with Gasteiger partial charge in [-0.2, -0.15) is 5.26 Å². The number of hydrogen-bond donors (Lipinski definition) is 0. The molecule has 5 nitrogen and oxygen atoms in total. The summed E-state index contributed by atoms with van der Waals surface area (Å²) in [6.45, 7) is 2.93. The standard InChI is InChI=1S/C65H62N4O/c1-43(2)58-36-63(57-23-13-22-56-55-31-27-47(39-66)35-64(55)70-65(56)57)69-40-52(58)28-24-44-32-45(25-29-53-41-67-61(50-18-5-3-6-19-50)37-59(53)48-14-9-10-15-48)34-46(33-44)26-30-54-42-68-62(51-20-7-4-8-21-51)38-60(54)49-16-11-12-17-49/h3-8,13,18-23,27,31-38,40-43,48-49H,9-12,14-17,24-26,28-30H2,1-2H3/i24D2,25D2,26D2,27D,28D2,29D2,30D2,35D,43D,48D,49D. The third-order valence-corrected chi connectivity index (χ3v) is 13.3. The molecule has 4 heterocycles. The minimum absolute atomic E-state index is 0.0445. The van der Waals surface area contributed by atoms with E-state index in [1.807, 2.05) is 42.5 Å². The first kappa shape index (κ1) is 29.8. The van der Waals surface area contributed by atoms with Crippen molar-refractivity contribution in [1.29, 1.82) is 5.26 Å². The Morgan fingerprint density at radius 2 is 1.13 bits per heavy atom. The van der Waals surface area contributed by atoms with Crippen LogP contribution in [0.1, 0.15) is 162 Å². The lowest BCUT2D eigenvalue weighted by molar-refractivity contribution is 0.669. The smallest absolute Gasteiger partial charge is 0.144 e.